The van der Waals surface area contributed by atoms with Crippen molar-refractivity contribution in [1.82, 2.24) is 4.57 Å². The molecule has 0 N–H and O–H groups in total. The van der Waals surface area contributed by atoms with Crippen LogP contribution in [0.4, 0.5) is 0 Å². The molecular weight excluding hydrogens is 289 g/mol. The van der Waals surface area contributed by atoms with Gasteiger partial charge in [0, 0.05) is 23.7 Å². The van der Waals surface area contributed by atoms with Gasteiger partial charge >= 0.3 is 29.6 Å². The van der Waals surface area contributed by atoms with Gasteiger partial charge in [-0.1, -0.05) is 37.3 Å². The molecule has 0 fully saturated rings. The smallest absolute Gasteiger partial charge is 0.549 e. The Kier molecular flexibility index (Phi) is 5.27. The fourth-order valence-electron chi connectivity index (χ4n) is 3.07. The first-order valence-electron chi connectivity index (χ1n) is 7.16. The second-order valence-electron chi connectivity index (χ2n) is 5.30. The second kappa shape index (κ2) is 6.82. The van der Waals surface area contributed by atoms with Gasteiger partial charge in [-0.25, -0.2) is 0 Å². The van der Waals surface area contributed by atoms with Gasteiger partial charge in [0.1, 0.15) is 0 Å². The minimum absolute atomic E-state index is 0. The van der Waals surface area contributed by atoms with E-state index in [2.05, 4.69) is 0 Å². The van der Waals surface area contributed by atoms with Gasteiger partial charge in [0.25, 0.3) is 0 Å². The number of carbonyl (C=O) groups is 2. The summed E-state index contributed by atoms with van der Waals surface area (Å²) in [5.41, 5.74) is 2.86. The quantitative estimate of drug-likeness (QED) is 0.511. The van der Waals surface area contributed by atoms with Crippen LogP contribution in [0.3, 0.4) is 0 Å². The molecule has 0 saturated carbocycles. The summed E-state index contributed by atoms with van der Waals surface area (Å²) in [7, 11) is 0. The second-order valence-corrected chi connectivity index (χ2v) is 5.30. The Bertz CT molecular complexity index is 706. The van der Waals surface area contributed by atoms with Crippen molar-refractivity contribution in [3.05, 3.63) is 58.9 Å². The summed E-state index contributed by atoms with van der Waals surface area (Å²) < 4.78 is 1.86. The Morgan fingerprint density at radius 1 is 1.27 bits per heavy atom. The molecule has 108 valence electrons. The van der Waals surface area contributed by atoms with E-state index >= 15 is 0 Å². The van der Waals surface area contributed by atoms with Gasteiger partial charge in [-0.05, 0) is 24.5 Å². The van der Waals surface area contributed by atoms with Gasteiger partial charge in [0.2, 0.25) is 5.78 Å². The Labute approximate surface area is 151 Å². The van der Waals surface area contributed by atoms with Crippen LogP contribution in [0.25, 0.3) is 0 Å². The third kappa shape index (κ3) is 2.78. The molecule has 5 heteroatoms. The predicted molar refractivity (Wildman–Crippen MR) is 76.0 cm³/mol. The number of nitrogens with zero attached hydrogens (tertiary/aromatic N) is 1. The van der Waals surface area contributed by atoms with Crippen LogP contribution in [-0.4, -0.2) is 16.3 Å². The molecule has 2 aromatic rings. The Balaban J connectivity index is 0.00000176. The molecule has 0 amide bonds. The van der Waals surface area contributed by atoms with Crippen LogP contribution < -0.4 is 34.7 Å². The first kappa shape index (κ1) is 17.0. The van der Waals surface area contributed by atoms with Crippen molar-refractivity contribution in [2.75, 3.05) is 0 Å². The fraction of sp³-hybridized carbons (Fsp3) is 0.294. The largest absolute Gasteiger partial charge is 1.00 e. The summed E-state index contributed by atoms with van der Waals surface area (Å²) >= 11 is 0. The average Bonchev–Trinajstić information content (AvgIpc) is 3.05. The zero-order valence-electron chi connectivity index (χ0n) is 12.8. The maximum atomic E-state index is 12.7. The van der Waals surface area contributed by atoms with Gasteiger partial charge in [-0.2, -0.15) is 0 Å². The maximum absolute atomic E-state index is 12.7. The molecule has 22 heavy (non-hydrogen) atoms. The normalized spacial score (nSPS) is 16.0. The van der Waals surface area contributed by atoms with Crippen LogP contribution in [0.15, 0.2) is 36.4 Å². The van der Waals surface area contributed by atoms with Gasteiger partial charge in [-0.3, -0.25) is 4.79 Å². The van der Waals surface area contributed by atoms with Crippen molar-refractivity contribution < 1.29 is 44.3 Å². The molecule has 1 aliphatic heterocycles. The van der Waals surface area contributed by atoms with Gasteiger partial charge in [0.15, 0.2) is 0 Å². The number of fused-ring (bicyclic) bond motifs is 1. The van der Waals surface area contributed by atoms with E-state index in [9.17, 15) is 14.7 Å². The van der Waals surface area contributed by atoms with Gasteiger partial charge in [-0.15, -0.1) is 0 Å². The molecule has 0 saturated heterocycles. The van der Waals surface area contributed by atoms with Crippen molar-refractivity contribution >= 4 is 11.8 Å². The summed E-state index contributed by atoms with van der Waals surface area (Å²) in [4.78, 5) is 23.9. The number of hydrogen-bond acceptors (Lipinski definition) is 3. The average molecular weight is 305 g/mol. The number of ketones is 1. The number of rotatable bonds is 4. The van der Waals surface area contributed by atoms with Gasteiger partial charge < -0.3 is 14.5 Å². The van der Waals surface area contributed by atoms with Crippen molar-refractivity contribution in [2.24, 2.45) is 0 Å². The van der Waals surface area contributed by atoms with Crippen LogP contribution in [0.1, 0.15) is 46.6 Å². The van der Waals surface area contributed by atoms with Crippen LogP contribution in [0.2, 0.25) is 0 Å². The summed E-state index contributed by atoms with van der Waals surface area (Å²) in [5.74, 6) is -1.71. The minimum atomic E-state index is -1.06. The summed E-state index contributed by atoms with van der Waals surface area (Å²) in [6.07, 6.45) is 1.20. The topological polar surface area (TPSA) is 62.1 Å². The third-order valence-corrected chi connectivity index (χ3v) is 4.12. The SMILES string of the molecule is CCc1cc2n(c1C(=O)c1ccccc1)CCC2C(=O)[O-].[Na+]. The maximum Gasteiger partial charge on any atom is 1.00 e. The molecule has 0 spiro atoms. The Hall–Kier alpha value is -1.36. The number of carbonyl (C=O) groups excluding carboxylic acids is 2. The molecule has 0 bridgehead atoms. The predicted octanol–water partition coefficient (Wildman–Crippen LogP) is -1.48. The molecule has 2 heterocycles. The minimum Gasteiger partial charge on any atom is -0.549 e. The van der Waals surface area contributed by atoms with E-state index < -0.39 is 11.9 Å². The zero-order chi connectivity index (χ0) is 15.0. The van der Waals surface area contributed by atoms with Crippen molar-refractivity contribution in [3.63, 3.8) is 0 Å². The van der Waals surface area contributed by atoms with Crippen molar-refractivity contribution in [3.8, 4) is 0 Å². The molecule has 4 nitrogen and oxygen atoms in total. The monoisotopic (exact) mass is 305 g/mol. The first-order valence-corrected chi connectivity index (χ1v) is 7.16. The molecule has 0 aliphatic carbocycles. The van der Waals surface area contributed by atoms with E-state index in [1.807, 2.05) is 35.8 Å². The van der Waals surface area contributed by atoms with E-state index in [1.165, 1.54) is 0 Å². The molecular formula is C17H16NNaO3. The van der Waals surface area contributed by atoms with E-state index in [4.69, 9.17) is 0 Å². The van der Waals surface area contributed by atoms with E-state index in [0.29, 0.717) is 36.3 Å². The van der Waals surface area contributed by atoms with Crippen LogP contribution in [0.5, 0.6) is 0 Å². The fourth-order valence-corrected chi connectivity index (χ4v) is 3.07. The summed E-state index contributed by atoms with van der Waals surface area (Å²) in [5, 5.41) is 11.2. The Morgan fingerprint density at radius 2 is 1.95 bits per heavy atom. The van der Waals surface area contributed by atoms with E-state index in [-0.39, 0.29) is 35.3 Å². The first-order chi connectivity index (χ1) is 10.1. The molecule has 1 aliphatic rings. The molecule has 3 rings (SSSR count). The molecule has 1 unspecified atom stereocenters. The zero-order valence-corrected chi connectivity index (χ0v) is 14.8. The van der Waals surface area contributed by atoms with Crippen molar-refractivity contribution in [1.29, 1.82) is 0 Å². The van der Waals surface area contributed by atoms with Crippen LogP contribution in [0, 0.1) is 0 Å². The molecule has 0 radical (unpaired) electrons. The van der Waals surface area contributed by atoms with Crippen molar-refractivity contribution in [2.45, 2.75) is 32.2 Å². The number of carboxylic acids is 1. The third-order valence-electron chi connectivity index (χ3n) is 4.12. The summed E-state index contributed by atoms with van der Waals surface area (Å²) in [6.45, 7) is 2.53. The molecule has 1 aromatic carbocycles. The standard InChI is InChI=1S/C17H17NO3.Na/c1-2-11-10-14-13(17(20)21)8-9-18(14)15(11)16(19)12-6-4-3-5-7-12;/h3-7,10,13H,2,8-9H2,1H3,(H,20,21);/q;+1/p-1. The number of carboxylic acid groups (broad SMARTS) is 1. The Morgan fingerprint density at radius 3 is 2.55 bits per heavy atom. The molecule has 1 atom stereocenters. The number of hydrogen-bond donors (Lipinski definition) is 0. The molecule has 1 aromatic heterocycles. The number of aromatic nitrogens is 1. The van der Waals surface area contributed by atoms with Gasteiger partial charge in [0.05, 0.1) is 11.7 Å². The summed E-state index contributed by atoms with van der Waals surface area (Å²) in [6, 6.07) is 10.9. The number of aryl methyl sites for hydroxylation is 1. The number of benzene rings is 1. The van der Waals surface area contributed by atoms with Crippen LogP contribution >= 0.6 is 0 Å². The number of aliphatic carboxylic acids is 1. The van der Waals surface area contributed by atoms with Crippen LogP contribution in [-0.2, 0) is 17.8 Å². The van der Waals surface area contributed by atoms with E-state index in [1.54, 1.807) is 12.1 Å². The van der Waals surface area contributed by atoms with E-state index in [0.717, 1.165) is 5.56 Å².